The number of halogens is 1. The van der Waals surface area contributed by atoms with Crippen molar-refractivity contribution < 1.29 is 17.6 Å². The summed E-state index contributed by atoms with van der Waals surface area (Å²) in [6.45, 7) is 0.443. The highest BCUT2D eigenvalue weighted by atomic mass is 35.5. The van der Waals surface area contributed by atoms with Gasteiger partial charge >= 0.3 is 0 Å². The lowest BCUT2D eigenvalue weighted by molar-refractivity contribution is 0.102. The van der Waals surface area contributed by atoms with Crippen LogP contribution in [0.1, 0.15) is 21.7 Å². The zero-order valence-electron chi connectivity index (χ0n) is 16.7. The third kappa shape index (κ3) is 5.25. The number of hydrogen-bond acceptors (Lipinski definition) is 5. The van der Waals surface area contributed by atoms with Crippen LogP contribution in [0.3, 0.4) is 0 Å². The molecule has 0 aliphatic heterocycles. The first kappa shape index (κ1) is 21.8. The lowest BCUT2D eigenvalue weighted by atomic mass is 10.2. The summed E-state index contributed by atoms with van der Waals surface area (Å²) in [6.07, 6.45) is 4.51. The molecule has 0 saturated carbocycles. The minimum Gasteiger partial charge on any atom is -0.468 e. The van der Waals surface area contributed by atoms with Crippen LogP contribution in [0.2, 0.25) is 5.02 Å². The van der Waals surface area contributed by atoms with Crippen molar-refractivity contribution in [1.29, 1.82) is 0 Å². The molecule has 2 heterocycles. The van der Waals surface area contributed by atoms with E-state index in [9.17, 15) is 13.2 Å². The minimum absolute atomic E-state index is 0.0243. The van der Waals surface area contributed by atoms with E-state index < -0.39 is 15.9 Å². The zero-order valence-corrected chi connectivity index (χ0v) is 18.3. The molecule has 32 heavy (non-hydrogen) atoms. The normalized spacial score (nSPS) is 11.4. The van der Waals surface area contributed by atoms with E-state index in [-0.39, 0.29) is 11.4 Å². The number of nitrogens with zero attached hydrogens (tertiary/aromatic N) is 2. The van der Waals surface area contributed by atoms with Gasteiger partial charge in [0.2, 0.25) is 10.0 Å². The Kier molecular flexibility index (Phi) is 6.40. The van der Waals surface area contributed by atoms with E-state index in [2.05, 4.69) is 15.1 Å². The van der Waals surface area contributed by atoms with Gasteiger partial charge in [-0.15, -0.1) is 0 Å². The molecule has 0 radical (unpaired) electrons. The number of benzene rings is 2. The fourth-order valence-corrected chi connectivity index (χ4v) is 4.21. The van der Waals surface area contributed by atoms with Crippen molar-refractivity contribution in [1.82, 2.24) is 14.5 Å². The Morgan fingerprint density at radius 1 is 1.09 bits per heavy atom. The Hall–Kier alpha value is -3.40. The van der Waals surface area contributed by atoms with Crippen LogP contribution < -0.4 is 10.0 Å². The summed E-state index contributed by atoms with van der Waals surface area (Å²) in [7, 11) is -3.78. The Morgan fingerprint density at radius 3 is 2.72 bits per heavy atom. The molecule has 4 aromatic rings. The van der Waals surface area contributed by atoms with Crippen LogP contribution in [0.5, 0.6) is 0 Å². The van der Waals surface area contributed by atoms with Crippen molar-refractivity contribution in [2.45, 2.75) is 18.0 Å². The van der Waals surface area contributed by atoms with Gasteiger partial charge in [-0.05, 0) is 42.0 Å². The highest BCUT2D eigenvalue weighted by Gasteiger charge is 2.16. The maximum absolute atomic E-state index is 12.6. The molecule has 164 valence electrons. The molecule has 0 unspecified atom stereocenters. The summed E-state index contributed by atoms with van der Waals surface area (Å²) in [4.78, 5) is 12.6. The Bertz CT molecular complexity index is 1330. The molecule has 1 amide bonds. The van der Waals surface area contributed by atoms with Crippen molar-refractivity contribution in [2.24, 2.45) is 0 Å². The van der Waals surface area contributed by atoms with Crippen LogP contribution in [0.4, 0.5) is 5.69 Å². The smallest absolute Gasteiger partial charge is 0.258 e. The molecule has 0 saturated heterocycles. The van der Waals surface area contributed by atoms with Gasteiger partial charge in [-0.1, -0.05) is 35.9 Å². The first-order valence-electron chi connectivity index (χ1n) is 9.60. The van der Waals surface area contributed by atoms with Crippen molar-refractivity contribution >= 4 is 33.2 Å². The maximum Gasteiger partial charge on any atom is 0.258 e. The molecular formula is C22H19ClN4O4S. The molecular weight excluding hydrogens is 452 g/mol. The van der Waals surface area contributed by atoms with Gasteiger partial charge in [0.05, 0.1) is 36.0 Å². The van der Waals surface area contributed by atoms with Crippen molar-refractivity contribution in [3.63, 3.8) is 0 Å². The quantitative estimate of drug-likeness (QED) is 0.406. The summed E-state index contributed by atoms with van der Waals surface area (Å²) in [6, 6.07) is 16.7. The number of sulfonamides is 1. The molecule has 8 nitrogen and oxygen atoms in total. The molecule has 10 heteroatoms. The summed E-state index contributed by atoms with van der Waals surface area (Å²) >= 11 is 6.17. The predicted molar refractivity (Wildman–Crippen MR) is 120 cm³/mol. The molecule has 4 rings (SSSR count). The fraction of sp³-hybridized carbons (Fsp3) is 0.0909. The molecule has 0 bridgehead atoms. The lowest BCUT2D eigenvalue weighted by Crippen LogP contribution is -2.23. The molecule has 0 fully saturated rings. The van der Waals surface area contributed by atoms with E-state index in [4.69, 9.17) is 16.0 Å². The second-order valence-corrected chi connectivity index (χ2v) is 9.08. The van der Waals surface area contributed by atoms with Crippen LogP contribution in [0, 0.1) is 0 Å². The van der Waals surface area contributed by atoms with Gasteiger partial charge in [-0.3, -0.25) is 9.48 Å². The van der Waals surface area contributed by atoms with E-state index in [1.54, 1.807) is 41.2 Å². The largest absolute Gasteiger partial charge is 0.468 e. The molecule has 0 aliphatic carbocycles. The monoisotopic (exact) mass is 470 g/mol. The number of amides is 1. The van der Waals surface area contributed by atoms with Crippen LogP contribution in [-0.4, -0.2) is 24.1 Å². The van der Waals surface area contributed by atoms with Gasteiger partial charge in [-0.25, -0.2) is 13.1 Å². The Morgan fingerprint density at radius 2 is 1.94 bits per heavy atom. The number of anilines is 1. The summed E-state index contributed by atoms with van der Waals surface area (Å²) in [5.41, 5.74) is 1.56. The van der Waals surface area contributed by atoms with Gasteiger partial charge in [0.25, 0.3) is 5.91 Å². The number of hydrogen-bond donors (Lipinski definition) is 2. The van der Waals surface area contributed by atoms with Gasteiger partial charge in [0.1, 0.15) is 5.76 Å². The number of furan rings is 1. The molecule has 2 aromatic heterocycles. The number of carbonyl (C=O) groups excluding carboxylic acids is 1. The average molecular weight is 471 g/mol. The summed E-state index contributed by atoms with van der Waals surface area (Å²) in [5, 5.41) is 7.52. The first-order valence-corrected chi connectivity index (χ1v) is 11.5. The predicted octanol–water partition coefficient (Wildman–Crippen LogP) is 3.91. The zero-order chi connectivity index (χ0) is 22.6. The van der Waals surface area contributed by atoms with E-state index in [1.807, 2.05) is 18.2 Å². The minimum atomic E-state index is -3.78. The van der Waals surface area contributed by atoms with Crippen LogP contribution in [0.25, 0.3) is 0 Å². The number of rotatable bonds is 8. The number of aromatic nitrogens is 2. The third-order valence-electron chi connectivity index (χ3n) is 4.60. The Balaban J connectivity index is 1.43. The van der Waals surface area contributed by atoms with Crippen LogP contribution in [0.15, 0.2) is 88.6 Å². The highest BCUT2D eigenvalue weighted by Crippen LogP contribution is 2.18. The second kappa shape index (κ2) is 9.39. The van der Waals surface area contributed by atoms with Gasteiger partial charge in [0.15, 0.2) is 0 Å². The lowest BCUT2D eigenvalue weighted by Gasteiger charge is -2.08. The number of carbonyl (C=O) groups is 1. The first-order chi connectivity index (χ1) is 15.4. The molecule has 0 aliphatic rings. The van der Waals surface area contributed by atoms with Gasteiger partial charge in [0, 0.05) is 16.9 Å². The van der Waals surface area contributed by atoms with E-state index in [0.29, 0.717) is 28.6 Å². The van der Waals surface area contributed by atoms with Crippen molar-refractivity contribution in [3.05, 3.63) is 101 Å². The molecule has 2 N–H and O–H groups in total. The standard InChI is InChI=1S/C22H19ClN4O4S/c23-21-9-2-1-5-16(21)14-27-15-17(12-24-27)22(28)26-18-6-3-8-20(11-18)32(29,30)25-13-19-7-4-10-31-19/h1-12,15,25H,13-14H2,(H,26,28). The van der Waals surface area contributed by atoms with Crippen LogP contribution in [-0.2, 0) is 23.1 Å². The summed E-state index contributed by atoms with van der Waals surface area (Å²) in [5.74, 6) is 0.0836. The molecule has 0 spiro atoms. The van der Waals surface area contributed by atoms with E-state index >= 15 is 0 Å². The molecule has 2 aromatic carbocycles. The second-order valence-electron chi connectivity index (χ2n) is 6.90. The fourth-order valence-electron chi connectivity index (χ4n) is 2.98. The van der Waals surface area contributed by atoms with Crippen LogP contribution >= 0.6 is 11.6 Å². The van der Waals surface area contributed by atoms with Gasteiger partial charge < -0.3 is 9.73 Å². The van der Waals surface area contributed by atoms with Crippen molar-refractivity contribution in [3.8, 4) is 0 Å². The van der Waals surface area contributed by atoms with Crippen molar-refractivity contribution in [2.75, 3.05) is 5.32 Å². The van der Waals surface area contributed by atoms with E-state index in [1.165, 1.54) is 24.6 Å². The highest BCUT2D eigenvalue weighted by molar-refractivity contribution is 7.89. The maximum atomic E-state index is 12.6. The Labute approximate surface area is 189 Å². The van der Waals surface area contributed by atoms with E-state index in [0.717, 1.165) is 5.56 Å². The number of nitrogens with one attached hydrogen (secondary N) is 2. The third-order valence-corrected chi connectivity index (χ3v) is 6.37. The summed E-state index contributed by atoms with van der Waals surface area (Å²) < 4.78 is 34.3. The SMILES string of the molecule is O=C(Nc1cccc(S(=O)(=O)NCc2ccco2)c1)c1cnn(Cc2ccccc2Cl)c1. The molecule has 0 atom stereocenters. The average Bonchev–Trinajstić information content (AvgIpc) is 3.46. The topological polar surface area (TPSA) is 106 Å². The van der Waals surface area contributed by atoms with Gasteiger partial charge in [-0.2, -0.15) is 5.10 Å².